The predicted octanol–water partition coefficient (Wildman–Crippen LogP) is 5.48. The van der Waals surface area contributed by atoms with E-state index >= 15 is 0 Å². The molecule has 1 saturated carbocycles. The number of aromatic amines is 1. The highest BCUT2D eigenvalue weighted by atomic mass is 16.5. The number of carbonyl (C=O) groups excluding carboxylic acids is 1. The van der Waals surface area contributed by atoms with Crippen LogP contribution >= 0.6 is 0 Å². The average molecular weight is 490 g/mol. The number of likely N-dealkylation sites (tertiary alicyclic amines) is 1. The molecule has 36 heavy (non-hydrogen) atoms. The van der Waals surface area contributed by atoms with Gasteiger partial charge in [0, 0.05) is 42.5 Å². The Balaban J connectivity index is 1.30. The van der Waals surface area contributed by atoms with Crippen molar-refractivity contribution in [1.82, 2.24) is 15.2 Å². The van der Waals surface area contributed by atoms with Crippen LogP contribution in [-0.4, -0.2) is 48.6 Å². The minimum atomic E-state index is -0.0496. The van der Waals surface area contributed by atoms with Gasteiger partial charge in [0.05, 0.1) is 13.0 Å². The molecule has 2 saturated heterocycles. The quantitative estimate of drug-likeness (QED) is 0.598. The van der Waals surface area contributed by atoms with Crippen molar-refractivity contribution in [3.63, 3.8) is 0 Å². The Bertz CT molecular complexity index is 1090. The molecular weight excluding hydrogens is 446 g/mol. The van der Waals surface area contributed by atoms with Crippen molar-refractivity contribution >= 4 is 5.91 Å². The van der Waals surface area contributed by atoms with E-state index in [0.717, 1.165) is 51.1 Å². The molecule has 2 N–H and O–H groups in total. The number of nitrogens with one attached hydrogen (secondary N) is 2. The van der Waals surface area contributed by atoms with Crippen LogP contribution in [0.5, 0.6) is 5.75 Å². The molecule has 3 fully saturated rings. The number of rotatable bonds is 4. The maximum atomic E-state index is 14.6. The molecule has 1 unspecified atom stereocenters. The van der Waals surface area contributed by atoms with Crippen LogP contribution in [0.1, 0.15) is 86.2 Å². The lowest BCUT2D eigenvalue weighted by molar-refractivity contribution is -0.143. The van der Waals surface area contributed by atoms with Crippen molar-refractivity contribution in [2.45, 2.75) is 88.5 Å². The summed E-state index contributed by atoms with van der Waals surface area (Å²) in [5.41, 5.74) is 5.31. The Hall–Kier alpha value is -2.27. The fourth-order valence-electron chi connectivity index (χ4n) is 8.35. The molecule has 1 aromatic carbocycles. The zero-order chi connectivity index (χ0) is 24.7. The number of piperidine rings is 1. The standard InChI is InChI=1S/C31H43N3O2/c1-21-17-25-27(33-21)12-8-15-31(25)20-32-19-26(31)30(35)34-16-14-23(24-11-6-7-13-29(24)36-2)18-28(34)22-9-4-3-5-10-22/h6-7,11,13,17,22-23,26,28,32-33H,3-5,8-10,12,14-16,18-20H2,1-2H3/t23-,26+,28?,31+/m1/s1. The highest BCUT2D eigenvalue weighted by Gasteiger charge is 2.53. The predicted molar refractivity (Wildman–Crippen MR) is 144 cm³/mol. The van der Waals surface area contributed by atoms with Crippen LogP contribution in [0.15, 0.2) is 30.3 Å². The number of methoxy groups -OCH3 is 1. The van der Waals surface area contributed by atoms with Gasteiger partial charge in [-0.1, -0.05) is 37.5 Å². The van der Waals surface area contributed by atoms with Crippen molar-refractivity contribution < 1.29 is 9.53 Å². The minimum Gasteiger partial charge on any atom is -0.496 e. The summed E-state index contributed by atoms with van der Waals surface area (Å²) in [5.74, 6) is 2.55. The van der Waals surface area contributed by atoms with E-state index in [1.165, 1.54) is 61.0 Å². The number of nitrogens with zero attached hydrogens (tertiary/aromatic N) is 1. The van der Waals surface area contributed by atoms with Crippen molar-refractivity contribution in [1.29, 1.82) is 0 Å². The molecule has 6 rings (SSSR count). The van der Waals surface area contributed by atoms with Gasteiger partial charge in [-0.15, -0.1) is 0 Å². The van der Waals surface area contributed by atoms with Crippen molar-refractivity contribution in [2.75, 3.05) is 26.7 Å². The first-order valence-electron chi connectivity index (χ1n) is 14.4. The van der Waals surface area contributed by atoms with Gasteiger partial charge < -0.3 is 19.9 Å². The van der Waals surface area contributed by atoms with Gasteiger partial charge in [0.25, 0.3) is 0 Å². The Morgan fingerprint density at radius 2 is 1.94 bits per heavy atom. The minimum absolute atomic E-state index is 0.0423. The number of aromatic nitrogens is 1. The topological polar surface area (TPSA) is 57.4 Å². The number of para-hydroxylation sites is 1. The SMILES string of the molecule is COc1ccccc1[C@@H]1CCN(C(=O)[C@@H]2CNC[C@]23CCCc2[nH]c(C)cc23)C(C2CCCCC2)C1. The van der Waals surface area contributed by atoms with Crippen LogP contribution in [0.25, 0.3) is 0 Å². The van der Waals surface area contributed by atoms with E-state index in [1.54, 1.807) is 7.11 Å². The molecule has 5 nitrogen and oxygen atoms in total. The Labute approximate surface area is 216 Å². The molecule has 1 amide bonds. The first-order chi connectivity index (χ1) is 17.6. The van der Waals surface area contributed by atoms with Crippen LogP contribution < -0.4 is 10.1 Å². The molecule has 2 aliphatic carbocycles. The number of hydrogen-bond acceptors (Lipinski definition) is 3. The summed E-state index contributed by atoms with van der Waals surface area (Å²) < 4.78 is 5.75. The summed E-state index contributed by atoms with van der Waals surface area (Å²) in [6.45, 7) is 4.77. The fraction of sp³-hybridized carbons (Fsp3) is 0.645. The van der Waals surface area contributed by atoms with Gasteiger partial charge in [-0.2, -0.15) is 0 Å². The third-order valence-electron chi connectivity index (χ3n) is 10.1. The monoisotopic (exact) mass is 489 g/mol. The van der Waals surface area contributed by atoms with E-state index in [-0.39, 0.29) is 11.3 Å². The van der Waals surface area contributed by atoms with E-state index in [1.807, 2.05) is 0 Å². The molecule has 2 aromatic rings. The molecule has 2 aliphatic heterocycles. The maximum absolute atomic E-state index is 14.6. The van der Waals surface area contributed by atoms with Crippen LogP contribution in [0.3, 0.4) is 0 Å². The average Bonchev–Trinajstić information content (AvgIpc) is 3.52. The Kier molecular flexibility index (Phi) is 6.62. The van der Waals surface area contributed by atoms with Crippen LogP contribution in [0.2, 0.25) is 0 Å². The normalized spacial score (nSPS) is 30.9. The summed E-state index contributed by atoms with van der Waals surface area (Å²) in [4.78, 5) is 20.5. The van der Waals surface area contributed by atoms with Crippen molar-refractivity contribution in [3.8, 4) is 5.75 Å². The number of benzene rings is 1. The highest BCUT2D eigenvalue weighted by molar-refractivity contribution is 5.82. The van der Waals surface area contributed by atoms with Crippen molar-refractivity contribution in [3.05, 3.63) is 52.8 Å². The molecule has 1 aromatic heterocycles. The maximum Gasteiger partial charge on any atom is 0.228 e. The zero-order valence-electron chi connectivity index (χ0n) is 22.2. The molecule has 0 bridgehead atoms. The van der Waals surface area contributed by atoms with E-state index < -0.39 is 0 Å². The summed E-state index contributed by atoms with van der Waals surface area (Å²) in [7, 11) is 1.78. The van der Waals surface area contributed by atoms with Gasteiger partial charge in [0.2, 0.25) is 5.91 Å². The number of ether oxygens (including phenoxy) is 1. The number of fused-ring (bicyclic) bond motifs is 2. The lowest BCUT2D eigenvalue weighted by atomic mass is 9.65. The van der Waals surface area contributed by atoms with Crippen LogP contribution in [0, 0.1) is 18.8 Å². The smallest absolute Gasteiger partial charge is 0.228 e. The van der Waals surface area contributed by atoms with Crippen LogP contribution in [-0.2, 0) is 16.6 Å². The first kappa shape index (κ1) is 24.1. The molecular formula is C31H43N3O2. The van der Waals surface area contributed by atoms with Gasteiger partial charge in [-0.05, 0) is 87.0 Å². The van der Waals surface area contributed by atoms with E-state index in [9.17, 15) is 4.79 Å². The van der Waals surface area contributed by atoms with Gasteiger partial charge in [0.1, 0.15) is 5.75 Å². The second kappa shape index (κ2) is 9.89. The van der Waals surface area contributed by atoms with Gasteiger partial charge in [-0.25, -0.2) is 0 Å². The lowest BCUT2D eigenvalue weighted by Crippen LogP contribution is -2.55. The first-order valence-corrected chi connectivity index (χ1v) is 14.4. The van der Waals surface area contributed by atoms with Crippen LogP contribution in [0.4, 0.5) is 0 Å². The molecule has 3 heterocycles. The molecule has 0 radical (unpaired) electrons. The van der Waals surface area contributed by atoms with Gasteiger partial charge in [-0.3, -0.25) is 4.79 Å². The van der Waals surface area contributed by atoms with E-state index in [2.05, 4.69) is 52.5 Å². The second-order valence-corrected chi connectivity index (χ2v) is 12.0. The third-order valence-corrected chi connectivity index (χ3v) is 10.1. The molecule has 1 spiro atoms. The third kappa shape index (κ3) is 4.08. The summed E-state index contributed by atoms with van der Waals surface area (Å²) in [6, 6.07) is 11.2. The van der Waals surface area contributed by atoms with Crippen molar-refractivity contribution in [2.24, 2.45) is 11.8 Å². The number of H-pyrrole nitrogens is 1. The lowest BCUT2D eigenvalue weighted by Gasteiger charge is -2.47. The number of carbonyl (C=O) groups is 1. The zero-order valence-corrected chi connectivity index (χ0v) is 22.2. The Morgan fingerprint density at radius 3 is 2.78 bits per heavy atom. The fourth-order valence-corrected chi connectivity index (χ4v) is 8.35. The van der Waals surface area contributed by atoms with E-state index in [0.29, 0.717) is 23.8 Å². The number of aryl methyl sites for hydroxylation is 2. The molecule has 4 atom stereocenters. The van der Waals surface area contributed by atoms with Gasteiger partial charge >= 0.3 is 0 Å². The number of hydrogen-bond donors (Lipinski definition) is 2. The number of amides is 1. The van der Waals surface area contributed by atoms with Gasteiger partial charge in [0.15, 0.2) is 0 Å². The second-order valence-electron chi connectivity index (χ2n) is 12.0. The molecule has 5 heteroatoms. The summed E-state index contributed by atoms with van der Waals surface area (Å²) >= 11 is 0. The molecule has 194 valence electrons. The van der Waals surface area contributed by atoms with E-state index in [4.69, 9.17) is 4.74 Å². The largest absolute Gasteiger partial charge is 0.496 e. The highest BCUT2D eigenvalue weighted by Crippen LogP contribution is 2.48. The molecule has 4 aliphatic rings. The summed E-state index contributed by atoms with van der Waals surface area (Å²) in [6.07, 6.45) is 12.0. The Morgan fingerprint density at radius 1 is 1.11 bits per heavy atom. The summed E-state index contributed by atoms with van der Waals surface area (Å²) in [5, 5.41) is 3.67.